The van der Waals surface area contributed by atoms with Crippen LogP contribution >= 0.6 is 0 Å². The maximum absolute atomic E-state index is 14.2. The summed E-state index contributed by atoms with van der Waals surface area (Å²) in [6.45, 7) is 10.5. The number of ether oxygens (including phenoxy) is 2. The topological polar surface area (TPSA) is 105 Å². The zero-order chi connectivity index (χ0) is 31.2. The predicted octanol–water partition coefficient (Wildman–Crippen LogP) is 4.85. The molecule has 1 atom stereocenters. The standard InChI is InChI=1S/C32H41N3O6S/c1-22-16-23(2)18-26(17-22)35(42(38,39)27-14-15-28(40-7)29(19-27)41-8)21-30(36)34(20-25-12-10-9-11-13-25)24(3)31(37)33-32(4,5)6/h9-19,24H,20-21H2,1-8H3,(H,33,37). The van der Waals surface area contributed by atoms with Crippen molar-refractivity contribution in [2.45, 2.75) is 64.6 Å². The van der Waals surface area contributed by atoms with Crippen molar-refractivity contribution >= 4 is 27.5 Å². The molecule has 9 nitrogen and oxygen atoms in total. The summed E-state index contributed by atoms with van der Waals surface area (Å²) >= 11 is 0. The average Bonchev–Trinajstić information content (AvgIpc) is 2.92. The lowest BCUT2D eigenvalue weighted by molar-refractivity contribution is -0.140. The first-order valence-corrected chi connectivity index (χ1v) is 15.1. The lowest BCUT2D eigenvalue weighted by Crippen LogP contribution is -2.54. The van der Waals surface area contributed by atoms with Crippen molar-refractivity contribution in [1.29, 1.82) is 0 Å². The Morgan fingerprint density at radius 1 is 0.881 bits per heavy atom. The Bertz CT molecular complexity index is 1500. The van der Waals surface area contributed by atoms with Crippen LogP contribution in [0.15, 0.2) is 71.6 Å². The van der Waals surface area contributed by atoms with Gasteiger partial charge in [0.05, 0.1) is 24.8 Å². The quantitative estimate of drug-likeness (QED) is 0.340. The summed E-state index contributed by atoms with van der Waals surface area (Å²) in [5.41, 5.74) is 2.30. The SMILES string of the molecule is COc1ccc(S(=O)(=O)N(CC(=O)N(Cc2ccccc2)C(C)C(=O)NC(C)(C)C)c2cc(C)cc(C)c2)cc1OC. The van der Waals surface area contributed by atoms with Crippen molar-refractivity contribution in [1.82, 2.24) is 10.2 Å². The van der Waals surface area contributed by atoms with Crippen LogP contribution in [0.1, 0.15) is 44.4 Å². The van der Waals surface area contributed by atoms with Crippen molar-refractivity contribution < 1.29 is 27.5 Å². The summed E-state index contributed by atoms with van der Waals surface area (Å²) in [6.07, 6.45) is 0. The van der Waals surface area contributed by atoms with E-state index < -0.39 is 34.1 Å². The molecule has 3 rings (SSSR count). The Labute approximate surface area is 249 Å². The fourth-order valence-corrected chi connectivity index (χ4v) is 5.98. The first-order valence-electron chi connectivity index (χ1n) is 13.6. The van der Waals surface area contributed by atoms with Gasteiger partial charge in [-0.05, 0) is 82.5 Å². The van der Waals surface area contributed by atoms with Crippen molar-refractivity contribution in [3.05, 3.63) is 83.4 Å². The Morgan fingerprint density at radius 3 is 2.02 bits per heavy atom. The number of nitrogens with one attached hydrogen (secondary N) is 1. The van der Waals surface area contributed by atoms with E-state index in [4.69, 9.17) is 9.47 Å². The number of amides is 2. The zero-order valence-corrected chi connectivity index (χ0v) is 26.4. The molecule has 0 aliphatic carbocycles. The largest absolute Gasteiger partial charge is 0.493 e. The smallest absolute Gasteiger partial charge is 0.264 e. The number of sulfonamides is 1. The number of hydrogen-bond acceptors (Lipinski definition) is 6. The van der Waals surface area contributed by atoms with Crippen LogP contribution in [0.25, 0.3) is 0 Å². The highest BCUT2D eigenvalue weighted by Crippen LogP contribution is 2.33. The van der Waals surface area contributed by atoms with Crippen molar-refractivity contribution in [3.63, 3.8) is 0 Å². The monoisotopic (exact) mass is 595 g/mol. The maximum Gasteiger partial charge on any atom is 0.264 e. The molecule has 0 bridgehead atoms. The molecular weight excluding hydrogens is 554 g/mol. The minimum absolute atomic E-state index is 0.0692. The van der Waals surface area contributed by atoms with Gasteiger partial charge in [-0.1, -0.05) is 36.4 Å². The maximum atomic E-state index is 14.2. The number of aryl methyl sites for hydroxylation is 2. The van der Waals surface area contributed by atoms with Gasteiger partial charge < -0.3 is 19.7 Å². The summed E-state index contributed by atoms with van der Waals surface area (Å²) in [6, 6.07) is 18.1. The number of nitrogens with zero attached hydrogens (tertiary/aromatic N) is 2. The highest BCUT2D eigenvalue weighted by atomic mass is 32.2. The summed E-state index contributed by atoms with van der Waals surface area (Å²) in [7, 11) is -1.39. The molecule has 3 aromatic rings. The molecule has 1 unspecified atom stereocenters. The fourth-order valence-electron chi connectivity index (χ4n) is 4.56. The molecular formula is C32H41N3O6S. The molecule has 226 valence electrons. The first kappa shape index (κ1) is 32.5. The molecule has 0 aromatic heterocycles. The summed E-state index contributed by atoms with van der Waals surface area (Å²) < 4.78 is 40.1. The number of carbonyl (C=O) groups excluding carboxylic acids is 2. The number of anilines is 1. The van der Waals surface area contributed by atoms with Crippen LogP contribution in [0.4, 0.5) is 5.69 Å². The van der Waals surface area contributed by atoms with Crippen LogP contribution in [0.3, 0.4) is 0 Å². The number of methoxy groups -OCH3 is 2. The third kappa shape index (κ3) is 8.03. The lowest BCUT2D eigenvalue weighted by atomic mass is 10.1. The van der Waals surface area contributed by atoms with Crippen LogP contribution in [-0.2, 0) is 26.2 Å². The molecule has 0 saturated heterocycles. The molecule has 1 N–H and O–H groups in total. The Kier molecular flexibility index (Phi) is 10.3. The van der Waals surface area contributed by atoms with E-state index in [-0.39, 0.29) is 23.1 Å². The van der Waals surface area contributed by atoms with Crippen molar-refractivity contribution in [3.8, 4) is 11.5 Å². The third-order valence-corrected chi connectivity index (χ3v) is 8.35. The van der Waals surface area contributed by atoms with Gasteiger partial charge in [0.25, 0.3) is 10.0 Å². The normalized spacial score (nSPS) is 12.3. The molecule has 0 fully saturated rings. The number of benzene rings is 3. The van der Waals surface area contributed by atoms with E-state index in [0.717, 1.165) is 21.0 Å². The Morgan fingerprint density at radius 2 is 1.48 bits per heavy atom. The highest BCUT2D eigenvalue weighted by Gasteiger charge is 2.34. The molecule has 10 heteroatoms. The number of carbonyl (C=O) groups is 2. The average molecular weight is 596 g/mol. The van der Waals surface area contributed by atoms with Gasteiger partial charge >= 0.3 is 0 Å². The minimum atomic E-state index is -4.27. The molecule has 3 aromatic carbocycles. The van der Waals surface area contributed by atoms with Gasteiger partial charge in [-0.3, -0.25) is 13.9 Å². The summed E-state index contributed by atoms with van der Waals surface area (Å²) in [5, 5.41) is 2.93. The van der Waals surface area contributed by atoms with E-state index in [2.05, 4.69) is 5.32 Å². The van der Waals surface area contributed by atoms with Crippen LogP contribution < -0.4 is 19.1 Å². The van der Waals surface area contributed by atoms with Gasteiger partial charge in [-0.15, -0.1) is 0 Å². The van der Waals surface area contributed by atoms with Gasteiger partial charge in [0.2, 0.25) is 11.8 Å². The minimum Gasteiger partial charge on any atom is -0.493 e. The van der Waals surface area contributed by atoms with Crippen LogP contribution in [0.2, 0.25) is 0 Å². The van der Waals surface area contributed by atoms with E-state index in [1.54, 1.807) is 19.1 Å². The molecule has 2 amide bonds. The van der Waals surface area contributed by atoms with Gasteiger partial charge in [-0.25, -0.2) is 8.42 Å². The van der Waals surface area contributed by atoms with E-state index >= 15 is 0 Å². The lowest BCUT2D eigenvalue weighted by Gasteiger charge is -2.33. The van der Waals surface area contributed by atoms with Crippen LogP contribution in [0.5, 0.6) is 11.5 Å². The third-order valence-electron chi connectivity index (χ3n) is 6.58. The summed E-state index contributed by atoms with van der Waals surface area (Å²) in [4.78, 5) is 28.7. The molecule has 0 saturated carbocycles. The number of rotatable bonds is 11. The number of hydrogen-bond donors (Lipinski definition) is 1. The van der Waals surface area contributed by atoms with E-state index in [0.29, 0.717) is 11.4 Å². The first-order chi connectivity index (χ1) is 19.7. The molecule has 0 aliphatic heterocycles. The predicted molar refractivity (Wildman–Crippen MR) is 164 cm³/mol. The zero-order valence-electron chi connectivity index (χ0n) is 25.6. The van der Waals surface area contributed by atoms with E-state index in [9.17, 15) is 18.0 Å². The van der Waals surface area contributed by atoms with Gasteiger partial charge in [0.15, 0.2) is 11.5 Å². The molecule has 0 aliphatic rings. The second-order valence-corrected chi connectivity index (χ2v) is 13.2. The molecule has 42 heavy (non-hydrogen) atoms. The van der Waals surface area contributed by atoms with E-state index in [1.165, 1.54) is 37.3 Å². The molecule has 0 spiro atoms. The van der Waals surface area contributed by atoms with Crippen LogP contribution in [0, 0.1) is 13.8 Å². The summed E-state index contributed by atoms with van der Waals surface area (Å²) in [5.74, 6) is -0.257. The van der Waals surface area contributed by atoms with Gasteiger partial charge in [-0.2, -0.15) is 0 Å². The van der Waals surface area contributed by atoms with E-state index in [1.807, 2.05) is 71.0 Å². The van der Waals surface area contributed by atoms with Gasteiger partial charge in [0.1, 0.15) is 12.6 Å². The van der Waals surface area contributed by atoms with Crippen molar-refractivity contribution in [2.75, 3.05) is 25.1 Å². The second kappa shape index (κ2) is 13.3. The molecule has 0 radical (unpaired) electrons. The Balaban J connectivity index is 2.10. The Hall–Kier alpha value is -4.05. The van der Waals surface area contributed by atoms with Gasteiger partial charge in [0, 0.05) is 18.2 Å². The molecule has 0 heterocycles. The second-order valence-electron chi connectivity index (χ2n) is 11.3. The fraction of sp³-hybridized carbons (Fsp3) is 0.375. The highest BCUT2D eigenvalue weighted by molar-refractivity contribution is 7.92. The van der Waals surface area contributed by atoms with Crippen molar-refractivity contribution in [2.24, 2.45) is 0 Å². The van der Waals surface area contributed by atoms with Crippen LogP contribution in [-0.4, -0.2) is 57.5 Å².